The lowest BCUT2D eigenvalue weighted by atomic mass is 10.1. The van der Waals surface area contributed by atoms with Crippen LogP contribution in [0.25, 0.3) is 44.7 Å². The number of anilines is 1. The predicted octanol–water partition coefficient (Wildman–Crippen LogP) is 1.38. The van der Waals surface area contributed by atoms with Crippen molar-refractivity contribution in [1.29, 1.82) is 5.26 Å². The van der Waals surface area contributed by atoms with E-state index in [4.69, 9.17) is 11.7 Å². The molecule has 168 valence electrons. The van der Waals surface area contributed by atoms with Crippen LogP contribution in [0.5, 0.6) is 0 Å². The predicted molar refractivity (Wildman–Crippen MR) is 124 cm³/mol. The molecule has 13 heteroatoms. The molecule has 0 unspecified atom stereocenters. The Bertz CT molecular complexity index is 1610. The number of hydrazine groups is 1. The van der Waals surface area contributed by atoms with Crippen molar-refractivity contribution in [1.82, 2.24) is 39.7 Å². The summed E-state index contributed by atoms with van der Waals surface area (Å²) in [6.45, 7) is 0. The van der Waals surface area contributed by atoms with Gasteiger partial charge >= 0.3 is 6.03 Å². The normalized spacial score (nSPS) is 11.0. The number of fused-ring (bicyclic) bond motifs is 2. The summed E-state index contributed by atoms with van der Waals surface area (Å²) in [5.74, 6) is 12.6. The monoisotopic (exact) mass is 454 g/mol. The molecule has 0 bridgehead atoms. The number of H-pyrrole nitrogens is 1. The van der Waals surface area contributed by atoms with Crippen molar-refractivity contribution in [2.24, 2.45) is 5.84 Å². The molecule has 0 saturated heterocycles. The zero-order valence-electron chi connectivity index (χ0n) is 18.1. The van der Waals surface area contributed by atoms with Crippen LogP contribution in [0.3, 0.4) is 0 Å². The van der Waals surface area contributed by atoms with Crippen LogP contribution in [0.2, 0.25) is 0 Å². The second-order valence-electron chi connectivity index (χ2n) is 7.64. The van der Waals surface area contributed by atoms with Crippen molar-refractivity contribution in [3.8, 4) is 28.7 Å². The standard InChI is InChI=1S/C21H18N12O/c1-31(2)21(34)32(23)14-3-11(6-25-9-14)12-4-15-18(29-30-19(15)27-8-12)20-28-17-13(5-22)7-26-10-16(17)33(20)24/h3-4,6-10H,23-24H2,1-2H3,(H,27,29,30). The van der Waals surface area contributed by atoms with E-state index >= 15 is 0 Å². The number of hydrogen-bond acceptors (Lipinski definition) is 9. The van der Waals surface area contributed by atoms with Crippen LogP contribution in [-0.4, -0.2) is 59.8 Å². The van der Waals surface area contributed by atoms with E-state index in [9.17, 15) is 10.1 Å². The van der Waals surface area contributed by atoms with Gasteiger partial charge in [-0.3, -0.25) is 15.1 Å². The number of carbonyl (C=O) groups excluding carboxylic acids is 1. The molecular weight excluding hydrogens is 436 g/mol. The van der Waals surface area contributed by atoms with Crippen molar-refractivity contribution in [2.75, 3.05) is 24.9 Å². The molecule has 0 atom stereocenters. The number of amides is 2. The summed E-state index contributed by atoms with van der Waals surface area (Å²) in [4.78, 5) is 30.8. The van der Waals surface area contributed by atoms with Crippen LogP contribution in [0, 0.1) is 11.3 Å². The number of carbonyl (C=O) groups is 1. The molecule has 0 radical (unpaired) electrons. The number of aromatic amines is 1. The molecule has 0 saturated carbocycles. The van der Waals surface area contributed by atoms with Gasteiger partial charge in [-0.25, -0.2) is 30.3 Å². The number of nitrogens with zero attached hydrogens (tertiary/aromatic N) is 9. The van der Waals surface area contributed by atoms with Crippen LogP contribution in [0.1, 0.15) is 5.56 Å². The van der Waals surface area contributed by atoms with Crippen molar-refractivity contribution in [2.45, 2.75) is 0 Å². The van der Waals surface area contributed by atoms with Gasteiger partial charge in [0.05, 0.1) is 29.0 Å². The Hall–Kier alpha value is -5.09. The maximum Gasteiger partial charge on any atom is 0.338 e. The molecule has 0 aromatic carbocycles. The Labute approximate surface area is 192 Å². The van der Waals surface area contributed by atoms with E-state index < -0.39 is 6.03 Å². The lowest BCUT2D eigenvalue weighted by Crippen LogP contribution is -2.44. The third-order valence-electron chi connectivity index (χ3n) is 5.28. The first-order chi connectivity index (χ1) is 16.4. The van der Waals surface area contributed by atoms with Crippen LogP contribution in [0.15, 0.2) is 43.1 Å². The zero-order chi connectivity index (χ0) is 24.0. The minimum absolute atomic E-state index is 0.312. The quantitative estimate of drug-likeness (QED) is 0.206. The largest absolute Gasteiger partial charge is 0.338 e. The molecule has 13 nitrogen and oxygen atoms in total. The number of nitrogens with one attached hydrogen (secondary N) is 1. The second kappa shape index (κ2) is 7.80. The zero-order valence-corrected chi connectivity index (χ0v) is 18.1. The number of imidazole rings is 1. The average Bonchev–Trinajstić information content (AvgIpc) is 3.43. The van der Waals surface area contributed by atoms with E-state index in [2.05, 4.69) is 36.2 Å². The molecule has 34 heavy (non-hydrogen) atoms. The molecule has 5 aromatic rings. The summed E-state index contributed by atoms with van der Waals surface area (Å²) in [5.41, 5.74) is 4.07. The number of nitriles is 1. The Kier molecular flexibility index (Phi) is 4.77. The Morgan fingerprint density at radius 1 is 1.12 bits per heavy atom. The molecule has 5 rings (SSSR count). The van der Waals surface area contributed by atoms with Crippen LogP contribution in [-0.2, 0) is 0 Å². The summed E-state index contributed by atoms with van der Waals surface area (Å²) < 4.78 is 1.35. The van der Waals surface area contributed by atoms with Gasteiger partial charge in [-0.2, -0.15) is 10.4 Å². The second-order valence-corrected chi connectivity index (χ2v) is 7.64. The van der Waals surface area contributed by atoms with E-state index in [1.165, 1.54) is 22.0 Å². The Balaban J connectivity index is 1.62. The van der Waals surface area contributed by atoms with Crippen LogP contribution < -0.4 is 16.7 Å². The van der Waals surface area contributed by atoms with Gasteiger partial charge < -0.3 is 10.7 Å². The fourth-order valence-electron chi connectivity index (χ4n) is 3.54. The minimum atomic E-state index is -0.391. The number of aromatic nitrogens is 7. The molecular formula is C21H18N12O. The summed E-state index contributed by atoms with van der Waals surface area (Å²) in [6.07, 6.45) is 7.76. The molecule has 0 aliphatic rings. The van der Waals surface area contributed by atoms with Gasteiger partial charge in [0.25, 0.3) is 0 Å². The molecule has 0 spiro atoms. The molecule has 0 aliphatic heterocycles. The lowest BCUT2D eigenvalue weighted by molar-refractivity contribution is 0.224. The highest BCUT2D eigenvalue weighted by molar-refractivity contribution is 5.95. The van der Waals surface area contributed by atoms with Gasteiger partial charge in [-0.1, -0.05) is 0 Å². The van der Waals surface area contributed by atoms with E-state index in [1.807, 2.05) is 6.07 Å². The van der Waals surface area contributed by atoms with E-state index in [-0.39, 0.29) is 0 Å². The van der Waals surface area contributed by atoms with Crippen LogP contribution in [0.4, 0.5) is 10.5 Å². The highest BCUT2D eigenvalue weighted by atomic mass is 16.2. The highest BCUT2D eigenvalue weighted by Crippen LogP contribution is 2.31. The third-order valence-corrected chi connectivity index (χ3v) is 5.28. The minimum Gasteiger partial charge on any atom is -0.337 e. The number of nitrogens with two attached hydrogens (primary N) is 2. The number of hydrogen-bond donors (Lipinski definition) is 3. The van der Waals surface area contributed by atoms with E-state index in [0.717, 1.165) is 5.01 Å². The maximum atomic E-state index is 12.2. The summed E-state index contributed by atoms with van der Waals surface area (Å²) in [6, 6.07) is 5.28. The maximum absolute atomic E-state index is 12.2. The number of urea groups is 1. The summed E-state index contributed by atoms with van der Waals surface area (Å²) in [5, 5.41) is 18.2. The molecule has 5 heterocycles. The van der Waals surface area contributed by atoms with Gasteiger partial charge in [0.2, 0.25) is 0 Å². The SMILES string of the molecule is CN(C)C(=O)N(N)c1cncc(-c2cnc3n[nH]c(-c4nc5c(C#N)cncc5n4N)c3c2)c1. The van der Waals surface area contributed by atoms with E-state index in [0.29, 0.717) is 56.0 Å². The van der Waals surface area contributed by atoms with Crippen molar-refractivity contribution >= 4 is 33.8 Å². The van der Waals surface area contributed by atoms with Gasteiger partial charge in [0.15, 0.2) is 11.5 Å². The summed E-state index contributed by atoms with van der Waals surface area (Å²) in [7, 11) is 3.22. The first kappa shape index (κ1) is 20.8. The van der Waals surface area contributed by atoms with Gasteiger partial charge in [-0.05, 0) is 12.1 Å². The highest BCUT2D eigenvalue weighted by Gasteiger charge is 2.20. The number of nitrogen functional groups attached to an aromatic ring is 1. The first-order valence-electron chi connectivity index (χ1n) is 9.96. The van der Waals surface area contributed by atoms with Crippen molar-refractivity contribution in [3.05, 3.63) is 48.7 Å². The molecule has 0 fully saturated rings. The lowest BCUT2D eigenvalue weighted by Gasteiger charge is -2.21. The van der Waals surface area contributed by atoms with Crippen molar-refractivity contribution in [3.63, 3.8) is 0 Å². The number of pyridine rings is 3. The van der Waals surface area contributed by atoms with Crippen molar-refractivity contribution < 1.29 is 4.79 Å². The topological polar surface area (TPSA) is 185 Å². The Morgan fingerprint density at radius 3 is 2.65 bits per heavy atom. The van der Waals surface area contributed by atoms with Gasteiger partial charge in [0.1, 0.15) is 22.8 Å². The fraction of sp³-hybridized carbons (Fsp3) is 0.0952. The first-order valence-corrected chi connectivity index (χ1v) is 9.96. The summed E-state index contributed by atoms with van der Waals surface area (Å²) >= 11 is 0. The van der Waals surface area contributed by atoms with Gasteiger partial charge in [-0.15, -0.1) is 0 Å². The van der Waals surface area contributed by atoms with Gasteiger partial charge in [0, 0.05) is 43.8 Å². The Morgan fingerprint density at radius 2 is 1.88 bits per heavy atom. The van der Waals surface area contributed by atoms with E-state index in [1.54, 1.807) is 38.8 Å². The molecule has 2 amide bonds. The molecule has 0 aliphatic carbocycles. The van der Waals surface area contributed by atoms with Crippen LogP contribution >= 0.6 is 0 Å². The number of rotatable bonds is 3. The average molecular weight is 454 g/mol. The smallest absolute Gasteiger partial charge is 0.337 e. The fourth-order valence-corrected chi connectivity index (χ4v) is 3.54. The molecule has 5 N–H and O–H groups in total. The third kappa shape index (κ3) is 3.22. The molecule has 5 aromatic heterocycles.